The van der Waals surface area contributed by atoms with Crippen molar-refractivity contribution in [3.05, 3.63) is 35.4 Å². The summed E-state index contributed by atoms with van der Waals surface area (Å²) in [6.07, 6.45) is 7.03. The fraction of sp³-hybridized carbons (Fsp3) is 0.529. The van der Waals surface area contributed by atoms with Crippen molar-refractivity contribution >= 4 is 23.1 Å². The Morgan fingerprint density at radius 2 is 1.86 bits per heavy atom. The molecule has 1 aromatic rings. The number of carbonyl (C=O) groups excluding carboxylic acids is 1. The van der Waals surface area contributed by atoms with Crippen molar-refractivity contribution in [2.24, 2.45) is 5.73 Å². The molecule has 21 heavy (non-hydrogen) atoms. The Labute approximate surface area is 132 Å². The van der Waals surface area contributed by atoms with Gasteiger partial charge in [-0.1, -0.05) is 63.0 Å². The minimum atomic E-state index is -0.510. The normalized spacial score (nSPS) is 17.8. The summed E-state index contributed by atoms with van der Waals surface area (Å²) in [5.41, 5.74) is 7.27. The molecule has 1 fully saturated rings. The first-order chi connectivity index (χ1) is 10.1. The molecule has 0 saturated heterocycles. The fourth-order valence-electron chi connectivity index (χ4n) is 3.10. The molecule has 114 valence electrons. The van der Waals surface area contributed by atoms with E-state index in [1.165, 1.54) is 12.8 Å². The fourth-order valence-corrected chi connectivity index (χ4v) is 3.36. The summed E-state index contributed by atoms with van der Waals surface area (Å²) in [5.74, 6) is -0.0536. The largest absolute Gasteiger partial charge is 0.391 e. The van der Waals surface area contributed by atoms with E-state index in [1.54, 1.807) is 0 Å². The summed E-state index contributed by atoms with van der Waals surface area (Å²) < 4.78 is 0. The van der Waals surface area contributed by atoms with Crippen LogP contribution in [0.1, 0.15) is 61.4 Å². The highest BCUT2D eigenvalue weighted by Crippen LogP contribution is 2.28. The van der Waals surface area contributed by atoms with Crippen LogP contribution in [0.5, 0.6) is 0 Å². The molecule has 2 rings (SSSR count). The van der Waals surface area contributed by atoms with E-state index < -0.39 is 5.54 Å². The Hall–Kier alpha value is -1.42. The summed E-state index contributed by atoms with van der Waals surface area (Å²) in [6.45, 7) is 2.06. The van der Waals surface area contributed by atoms with Gasteiger partial charge in [-0.2, -0.15) is 0 Å². The van der Waals surface area contributed by atoms with Crippen molar-refractivity contribution in [1.29, 1.82) is 0 Å². The second-order valence-electron chi connectivity index (χ2n) is 5.83. The standard InChI is InChI=1S/C17H24N2OS/c1-2-13-9-5-6-10-14(13)15(20)19-17(16(18)21)11-7-3-4-8-12-17/h5-6,9-10H,2-4,7-8,11-12H2,1H3,(H2,18,21)(H,19,20). The van der Waals surface area contributed by atoms with Crippen LogP contribution in [0.3, 0.4) is 0 Å². The van der Waals surface area contributed by atoms with E-state index in [9.17, 15) is 4.79 Å². The molecule has 0 radical (unpaired) electrons. The molecule has 1 amide bonds. The van der Waals surface area contributed by atoms with Crippen LogP contribution in [0.15, 0.2) is 24.3 Å². The van der Waals surface area contributed by atoms with Crippen molar-refractivity contribution in [2.75, 3.05) is 0 Å². The molecule has 0 bridgehead atoms. The number of amides is 1. The molecule has 1 saturated carbocycles. The van der Waals surface area contributed by atoms with Crippen LogP contribution in [0.25, 0.3) is 0 Å². The Morgan fingerprint density at radius 3 is 2.43 bits per heavy atom. The zero-order chi connectivity index (χ0) is 15.3. The zero-order valence-corrected chi connectivity index (χ0v) is 13.5. The lowest BCUT2D eigenvalue weighted by Crippen LogP contribution is -2.56. The second kappa shape index (κ2) is 7.03. The van der Waals surface area contributed by atoms with Gasteiger partial charge in [0.25, 0.3) is 5.91 Å². The summed E-state index contributed by atoms with van der Waals surface area (Å²) >= 11 is 5.28. The van der Waals surface area contributed by atoms with Gasteiger partial charge in [-0.15, -0.1) is 0 Å². The number of rotatable bonds is 4. The van der Waals surface area contributed by atoms with E-state index in [2.05, 4.69) is 12.2 Å². The van der Waals surface area contributed by atoms with Crippen LogP contribution < -0.4 is 11.1 Å². The quantitative estimate of drug-likeness (QED) is 0.662. The Kier molecular flexibility index (Phi) is 5.34. The van der Waals surface area contributed by atoms with Crippen molar-refractivity contribution in [2.45, 2.75) is 57.4 Å². The van der Waals surface area contributed by atoms with Crippen LogP contribution in [-0.4, -0.2) is 16.4 Å². The van der Waals surface area contributed by atoms with Crippen LogP contribution >= 0.6 is 12.2 Å². The van der Waals surface area contributed by atoms with Gasteiger partial charge in [0, 0.05) is 5.56 Å². The van der Waals surface area contributed by atoms with E-state index in [0.717, 1.165) is 43.2 Å². The Bertz CT molecular complexity index is 519. The first-order valence-electron chi connectivity index (χ1n) is 7.79. The van der Waals surface area contributed by atoms with E-state index in [1.807, 2.05) is 24.3 Å². The molecular weight excluding hydrogens is 280 g/mol. The Balaban J connectivity index is 2.24. The molecule has 4 heteroatoms. The van der Waals surface area contributed by atoms with Gasteiger partial charge < -0.3 is 11.1 Å². The van der Waals surface area contributed by atoms with Gasteiger partial charge in [-0.25, -0.2) is 0 Å². The van der Waals surface area contributed by atoms with Gasteiger partial charge in [0.1, 0.15) is 0 Å². The molecule has 0 atom stereocenters. The van der Waals surface area contributed by atoms with Crippen molar-refractivity contribution in [3.63, 3.8) is 0 Å². The first kappa shape index (κ1) is 16.0. The Morgan fingerprint density at radius 1 is 1.24 bits per heavy atom. The van der Waals surface area contributed by atoms with Gasteiger partial charge in [0.15, 0.2) is 0 Å². The number of hydrogen-bond acceptors (Lipinski definition) is 2. The predicted molar refractivity (Wildman–Crippen MR) is 90.5 cm³/mol. The number of nitrogens with two attached hydrogens (primary N) is 1. The summed E-state index contributed by atoms with van der Waals surface area (Å²) in [5, 5.41) is 3.16. The maximum Gasteiger partial charge on any atom is 0.252 e. The highest BCUT2D eigenvalue weighted by Gasteiger charge is 2.35. The van der Waals surface area contributed by atoms with E-state index >= 15 is 0 Å². The van der Waals surface area contributed by atoms with Gasteiger partial charge >= 0.3 is 0 Å². The molecule has 0 spiro atoms. The monoisotopic (exact) mass is 304 g/mol. The summed E-state index contributed by atoms with van der Waals surface area (Å²) in [4.78, 5) is 13.1. The summed E-state index contributed by atoms with van der Waals surface area (Å²) in [6, 6.07) is 7.73. The van der Waals surface area contributed by atoms with Crippen LogP contribution in [0.4, 0.5) is 0 Å². The number of carbonyl (C=O) groups is 1. The maximum absolute atomic E-state index is 12.7. The number of thiocarbonyl (C=S) groups is 1. The number of hydrogen-bond donors (Lipinski definition) is 2. The van der Waals surface area contributed by atoms with E-state index in [4.69, 9.17) is 18.0 Å². The average Bonchev–Trinajstić information content (AvgIpc) is 2.73. The smallest absolute Gasteiger partial charge is 0.252 e. The zero-order valence-electron chi connectivity index (χ0n) is 12.7. The lowest BCUT2D eigenvalue weighted by atomic mass is 9.89. The molecule has 1 aliphatic rings. The maximum atomic E-state index is 12.7. The van der Waals surface area contributed by atoms with E-state index in [-0.39, 0.29) is 5.91 Å². The molecule has 0 aliphatic heterocycles. The number of nitrogens with one attached hydrogen (secondary N) is 1. The van der Waals surface area contributed by atoms with E-state index in [0.29, 0.717) is 4.99 Å². The third-order valence-corrected chi connectivity index (χ3v) is 4.82. The minimum absolute atomic E-state index is 0.0536. The minimum Gasteiger partial charge on any atom is -0.391 e. The van der Waals surface area contributed by atoms with Crippen LogP contribution in [-0.2, 0) is 6.42 Å². The van der Waals surface area contributed by atoms with Crippen molar-refractivity contribution < 1.29 is 4.79 Å². The molecule has 3 N–H and O–H groups in total. The molecule has 0 heterocycles. The predicted octanol–water partition coefficient (Wildman–Crippen LogP) is 3.36. The van der Waals surface area contributed by atoms with Crippen molar-refractivity contribution in [1.82, 2.24) is 5.32 Å². The molecule has 3 nitrogen and oxygen atoms in total. The van der Waals surface area contributed by atoms with Gasteiger partial charge in [0.2, 0.25) is 0 Å². The topological polar surface area (TPSA) is 55.1 Å². The number of aryl methyl sites for hydroxylation is 1. The highest BCUT2D eigenvalue weighted by atomic mass is 32.1. The lowest BCUT2D eigenvalue weighted by molar-refractivity contribution is 0.0916. The van der Waals surface area contributed by atoms with Gasteiger partial charge in [0.05, 0.1) is 10.5 Å². The van der Waals surface area contributed by atoms with Gasteiger partial charge in [-0.05, 0) is 30.9 Å². The number of benzene rings is 1. The molecule has 1 aromatic carbocycles. The first-order valence-corrected chi connectivity index (χ1v) is 8.20. The third-order valence-electron chi connectivity index (χ3n) is 4.42. The summed E-state index contributed by atoms with van der Waals surface area (Å²) in [7, 11) is 0. The average molecular weight is 304 g/mol. The van der Waals surface area contributed by atoms with Crippen LogP contribution in [0, 0.1) is 0 Å². The SMILES string of the molecule is CCc1ccccc1C(=O)NC1(C(N)=S)CCCCCC1. The molecule has 0 unspecified atom stereocenters. The van der Waals surface area contributed by atoms with Crippen LogP contribution in [0.2, 0.25) is 0 Å². The molecule has 1 aliphatic carbocycles. The highest BCUT2D eigenvalue weighted by molar-refractivity contribution is 7.80. The molecule has 0 aromatic heterocycles. The third kappa shape index (κ3) is 3.62. The lowest BCUT2D eigenvalue weighted by Gasteiger charge is -2.33. The van der Waals surface area contributed by atoms with Gasteiger partial charge in [-0.3, -0.25) is 4.79 Å². The van der Waals surface area contributed by atoms with Crippen molar-refractivity contribution in [3.8, 4) is 0 Å². The second-order valence-corrected chi connectivity index (χ2v) is 6.27. The molecular formula is C17H24N2OS.